The lowest BCUT2D eigenvalue weighted by atomic mass is 9.92. The van der Waals surface area contributed by atoms with E-state index in [2.05, 4.69) is 67.6 Å². The molecule has 0 unspecified atom stereocenters. The van der Waals surface area contributed by atoms with Crippen molar-refractivity contribution in [3.8, 4) is 33.4 Å². The van der Waals surface area contributed by atoms with Gasteiger partial charge in [-0.05, 0) is 64.6 Å². The number of benzene rings is 5. The van der Waals surface area contributed by atoms with Gasteiger partial charge in [0.2, 0.25) is 0 Å². The number of rotatable bonds is 5. The van der Waals surface area contributed by atoms with Crippen molar-refractivity contribution in [1.82, 2.24) is 0 Å². The van der Waals surface area contributed by atoms with E-state index in [0.29, 0.717) is 11.1 Å². The second-order valence-corrected chi connectivity index (χ2v) is 8.31. The van der Waals surface area contributed by atoms with Gasteiger partial charge >= 0.3 is 0 Å². The molecular formula is C32H24O. The van der Waals surface area contributed by atoms with Gasteiger partial charge in [-0.2, -0.15) is 0 Å². The largest absolute Gasteiger partial charge is 0.289 e. The third kappa shape index (κ3) is 4.53. The molecule has 0 saturated heterocycles. The molecule has 0 spiro atoms. The summed E-state index contributed by atoms with van der Waals surface area (Å²) >= 11 is 0. The molecule has 0 aliphatic carbocycles. The molecule has 0 fully saturated rings. The summed E-state index contributed by atoms with van der Waals surface area (Å²) in [5, 5.41) is 0. The number of hydrogen-bond acceptors (Lipinski definition) is 1. The van der Waals surface area contributed by atoms with Gasteiger partial charge in [-0.25, -0.2) is 0 Å². The SMILES string of the molecule is Cc1ccc(-c2cccc(C(=O)c3cc(-c4ccccc4)cc(-c4ccccc4)c3)c2)cc1. The second kappa shape index (κ2) is 9.10. The fraction of sp³-hybridized carbons (Fsp3) is 0.0312. The van der Waals surface area contributed by atoms with Crippen molar-refractivity contribution in [2.75, 3.05) is 0 Å². The van der Waals surface area contributed by atoms with Gasteiger partial charge in [0.05, 0.1) is 0 Å². The average molecular weight is 425 g/mol. The maximum atomic E-state index is 13.7. The molecular weight excluding hydrogens is 400 g/mol. The van der Waals surface area contributed by atoms with Gasteiger partial charge in [0.1, 0.15) is 0 Å². The van der Waals surface area contributed by atoms with Crippen LogP contribution in [0.2, 0.25) is 0 Å². The van der Waals surface area contributed by atoms with Crippen molar-refractivity contribution in [1.29, 1.82) is 0 Å². The Morgan fingerprint density at radius 2 is 0.909 bits per heavy atom. The minimum atomic E-state index is 0.0268. The van der Waals surface area contributed by atoms with Crippen molar-refractivity contribution in [3.05, 3.63) is 144 Å². The highest BCUT2D eigenvalue weighted by atomic mass is 16.1. The first-order chi connectivity index (χ1) is 16.2. The summed E-state index contributed by atoms with van der Waals surface area (Å²) in [6.45, 7) is 2.08. The van der Waals surface area contributed by atoms with E-state index >= 15 is 0 Å². The van der Waals surface area contributed by atoms with Crippen LogP contribution in [0.4, 0.5) is 0 Å². The van der Waals surface area contributed by atoms with E-state index in [1.807, 2.05) is 66.7 Å². The topological polar surface area (TPSA) is 17.1 Å². The summed E-state index contributed by atoms with van der Waals surface area (Å²) in [5.74, 6) is 0.0268. The number of carbonyl (C=O) groups excluding carboxylic acids is 1. The van der Waals surface area contributed by atoms with Crippen LogP contribution in [0.3, 0.4) is 0 Å². The van der Waals surface area contributed by atoms with E-state index in [1.54, 1.807) is 0 Å². The lowest BCUT2D eigenvalue weighted by molar-refractivity contribution is 0.103. The number of hydrogen-bond donors (Lipinski definition) is 0. The van der Waals surface area contributed by atoms with Crippen LogP contribution < -0.4 is 0 Å². The van der Waals surface area contributed by atoms with Crippen LogP contribution in [0.25, 0.3) is 33.4 Å². The van der Waals surface area contributed by atoms with E-state index in [0.717, 1.165) is 33.4 Å². The van der Waals surface area contributed by atoms with Gasteiger partial charge in [-0.15, -0.1) is 0 Å². The first kappa shape index (κ1) is 20.7. The van der Waals surface area contributed by atoms with Crippen LogP contribution in [0, 0.1) is 6.92 Å². The molecule has 0 bridgehead atoms. The fourth-order valence-corrected chi connectivity index (χ4v) is 4.11. The average Bonchev–Trinajstić information content (AvgIpc) is 2.89. The predicted octanol–water partition coefficient (Wildman–Crippen LogP) is 8.23. The summed E-state index contributed by atoms with van der Waals surface area (Å²) < 4.78 is 0. The maximum absolute atomic E-state index is 13.7. The highest BCUT2D eigenvalue weighted by Gasteiger charge is 2.14. The highest BCUT2D eigenvalue weighted by molar-refractivity contribution is 6.10. The molecule has 0 aliphatic rings. The quantitative estimate of drug-likeness (QED) is 0.260. The van der Waals surface area contributed by atoms with Gasteiger partial charge in [0, 0.05) is 11.1 Å². The molecule has 158 valence electrons. The Hall–Kier alpha value is -4.23. The Balaban J connectivity index is 1.59. The molecule has 5 rings (SSSR count). The van der Waals surface area contributed by atoms with Crippen molar-refractivity contribution < 1.29 is 4.79 Å². The number of carbonyl (C=O) groups is 1. The van der Waals surface area contributed by atoms with Gasteiger partial charge in [-0.1, -0.05) is 109 Å². The third-order valence-electron chi connectivity index (χ3n) is 5.92. The van der Waals surface area contributed by atoms with Crippen molar-refractivity contribution in [2.24, 2.45) is 0 Å². The van der Waals surface area contributed by atoms with Crippen molar-refractivity contribution in [2.45, 2.75) is 6.92 Å². The van der Waals surface area contributed by atoms with E-state index in [9.17, 15) is 4.79 Å². The van der Waals surface area contributed by atoms with Crippen LogP contribution in [0.5, 0.6) is 0 Å². The Bertz CT molecular complexity index is 1340. The van der Waals surface area contributed by atoms with Crippen molar-refractivity contribution in [3.63, 3.8) is 0 Å². The maximum Gasteiger partial charge on any atom is 0.193 e. The standard InChI is InChI=1S/C32H24O/c1-23-15-17-26(18-16-23)27-13-8-14-28(19-27)32(33)31-21-29(24-9-4-2-5-10-24)20-30(22-31)25-11-6-3-7-12-25/h2-22H,1H3. The Labute approximate surface area is 195 Å². The summed E-state index contributed by atoms with van der Waals surface area (Å²) in [7, 11) is 0. The van der Waals surface area contributed by atoms with Crippen LogP contribution in [-0.4, -0.2) is 5.78 Å². The zero-order chi connectivity index (χ0) is 22.6. The lowest BCUT2D eigenvalue weighted by Gasteiger charge is -2.11. The van der Waals surface area contributed by atoms with E-state index < -0.39 is 0 Å². The molecule has 1 heteroatoms. The molecule has 0 N–H and O–H groups in total. The van der Waals surface area contributed by atoms with Gasteiger partial charge in [0.15, 0.2) is 5.78 Å². The number of aryl methyl sites for hydroxylation is 1. The third-order valence-corrected chi connectivity index (χ3v) is 5.92. The Kier molecular flexibility index (Phi) is 5.70. The summed E-state index contributed by atoms with van der Waals surface area (Å²) in [4.78, 5) is 13.7. The van der Waals surface area contributed by atoms with Crippen LogP contribution in [-0.2, 0) is 0 Å². The smallest absolute Gasteiger partial charge is 0.193 e. The molecule has 0 aromatic heterocycles. The van der Waals surface area contributed by atoms with Crippen LogP contribution in [0.1, 0.15) is 21.5 Å². The fourth-order valence-electron chi connectivity index (χ4n) is 4.11. The first-order valence-electron chi connectivity index (χ1n) is 11.2. The molecule has 0 aliphatic heterocycles. The summed E-state index contributed by atoms with van der Waals surface area (Å²) in [5.41, 5.74) is 9.02. The molecule has 0 amide bonds. The molecule has 1 nitrogen and oxygen atoms in total. The highest BCUT2D eigenvalue weighted by Crippen LogP contribution is 2.30. The van der Waals surface area contributed by atoms with E-state index in [-0.39, 0.29) is 5.78 Å². The minimum Gasteiger partial charge on any atom is -0.289 e. The summed E-state index contributed by atoms with van der Waals surface area (Å²) in [6, 6.07) is 42.9. The molecule has 0 atom stereocenters. The first-order valence-corrected chi connectivity index (χ1v) is 11.2. The molecule has 33 heavy (non-hydrogen) atoms. The monoisotopic (exact) mass is 424 g/mol. The zero-order valence-corrected chi connectivity index (χ0v) is 18.5. The Morgan fingerprint density at radius 1 is 0.424 bits per heavy atom. The minimum absolute atomic E-state index is 0.0268. The van der Waals surface area contributed by atoms with Crippen molar-refractivity contribution >= 4 is 5.78 Å². The lowest BCUT2D eigenvalue weighted by Crippen LogP contribution is -2.02. The van der Waals surface area contributed by atoms with Crippen LogP contribution >= 0.6 is 0 Å². The van der Waals surface area contributed by atoms with Gasteiger partial charge in [0.25, 0.3) is 0 Å². The van der Waals surface area contributed by atoms with Crippen LogP contribution in [0.15, 0.2) is 127 Å². The zero-order valence-electron chi connectivity index (χ0n) is 18.5. The van der Waals surface area contributed by atoms with E-state index in [1.165, 1.54) is 5.56 Å². The Morgan fingerprint density at radius 3 is 1.48 bits per heavy atom. The molecule has 0 heterocycles. The number of ketones is 1. The predicted molar refractivity (Wildman–Crippen MR) is 137 cm³/mol. The second-order valence-electron chi connectivity index (χ2n) is 8.31. The van der Waals surface area contributed by atoms with E-state index in [4.69, 9.17) is 0 Å². The molecule has 5 aromatic rings. The summed E-state index contributed by atoms with van der Waals surface area (Å²) in [6.07, 6.45) is 0. The van der Waals surface area contributed by atoms with Gasteiger partial charge in [-0.3, -0.25) is 4.79 Å². The molecule has 5 aromatic carbocycles. The van der Waals surface area contributed by atoms with Gasteiger partial charge < -0.3 is 0 Å². The molecule has 0 saturated carbocycles. The normalized spacial score (nSPS) is 10.7. The molecule has 0 radical (unpaired) electrons.